The molecule has 0 unspecified atom stereocenters. The Balaban J connectivity index is 1.10. The first kappa shape index (κ1) is 34.8. The molecule has 0 fully saturated rings. The number of benzene rings is 10. The van der Waals surface area contributed by atoms with E-state index in [1.165, 1.54) is 100 Å². The van der Waals surface area contributed by atoms with Gasteiger partial charge in [0.1, 0.15) is 0 Å². The Hall–Kier alpha value is -8.00. The van der Waals surface area contributed by atoms with Crippen LogP contribution in [-0.2, 0) is 5.41 Å². The highest BCUT2D eigenvalue weighted by Gasteiger charge is 2.51. The average Bonchev–Trinajstić information content (AvgIpc) is 3.81. The lowest BCUT2D eigenvalue weighted by Crippen LogP contribution is -2.26. The number of hydrogen-bond donors (Lipinski definition) is 0. The van der Waals surface area contributed by atoms with E-state index in [1.807, 2.05) is 0 Å². The van der Waals surface area contributed by atoms with E-state index >= 15 is 0 Å². The molecule has 288 valence electrons. The van der Waals surface area contributed by atoms with Crippen molar-refractivity contribution in [2.75, 3.05) is 4.90 Å². The Morgan fingerprint density at radius 2 is 0.565 bits per heavy atom. The minimum Gasteiger partial charge on any atom is -0.310 e. The second-order valence-corrected chi connectivity index (χ2v) is 16.7. The quantitative estimate of drug-likeness (QED) is 0.172. The van der Waals surface area contributed by atoms with E-state index in [-0.39, 0.29) is 0 Å². The van der Waals surface area contributed by atoms with Crippen LogP contribution in [0.25, 0.3) is 77.9 Å². The van der Waals surface area contributed by atoms with E-state index in [1.54, 1.807) is 0 Å². The molecule has 0 heterocycles. The normalized spacial score (nSPS) is 13.0. The van der Waals surface area contributed by atoms with Gasteiger partial charge in [-0.15, -0.1) is 0 Å². The van der Waals surface area contributed by atoms with Crippen molar-refractivity contribution in [1.82, 2.24) is 0 Å². The van der Waals surface area contributed by atoms with Crippen molar-refractivity contribution in [3.8, 4) is 77.9 Å². The molecular weight excluding hydrogens is 747 g/mol. The Bertz CT molecular complexity index is 3360. The van der Waals surface area contributed by atoms with Crippen molar-refractivity contribution in [3.05, 3.63) is 259 Å². The van der Waals surface area contributed by atoms with Gasteiger partial charge in [-0.2, -0.15) is 0 Å². The molecule has 0 amide bonds. The summed E-state index contributed by atoms with van der Waals surface area (Å²) in [4.78, 5) is 2.51. The summed E-state index contributed by atoms with van der Waals surface area (Å²) in [5.74, 6) is 0. The average molecular weight is 786 g/mol. The molecule has 0 aromatic heterocycles. The van der Waals surface area contributed by atoms with Gasteiger partial charge in [-0.05, 0) is 125 Å². The number of anilines is 3. The SMILES string of the molecule is c1ccc(-c2ccccc2N(c2ccc3c(c2)-c2ccccc2-c2ccccc2-c2ccccc2-3)c2ccc3c(c2)C2(c4ccccc4-c4ccccc42)c2ccccc2-3)cc1. The monoisotopic (exact) mass is 785 g/mol. The minimum absolute atomic E-state index is 0.457. The van der Waals surface area contributed by atoms with Gasteiger partial charge in [0.2, 0.25) is 0 Å². The van der Waals surface area contributed by atoms with Crippen molar-refractivity contribution < 1.29 is 0 Å². The minimum atomic E-state index is -0.457. The maximum Gasteiger partial charge on any atom is 0.0726 e. The molecule has 1 heteroatoms. The third-order valence-corrected chi connectivity index (χ3v) is 13.7. The first-order chi connectivity index (χ1) is 30.8. The topological polar surface area (TPSA) is 3.24 Å². The molecule has 10 aromatic carbocycles. The summed E-state index contributed by atoms with van der Waals surface area (Å²) < 4.78 is 0. The number of nitrogens with zero attached hydrogens (tertiary/aromatic N) is 1. The molecule has 0 radical (unpaired) electrons. The largest absolute Gasteiger partial charge is 0.310 e. The fourth-order valence-corrected chi connectivity index (χ4v) is 11.2. The summed E-state index contributed by atoms with van der Waals surface area (Å²) in [7, 11) is 0. The predicted octanol–water partition coefficient (Wildman–Crippen LogP) is 16.1. The molecule has 62 heavy (non-hydrogen) atoms. The first-order valence-corrected chi connectivity index (χ1v) is 21.6. The smallest absolute Gasteiger partial charge is 0.0726 e. The lowest BCUT2D eigenvalue weighted by Gasteiger charge is -2.33. The van der Waals surface area contributed by atoms with Gasteiger partial charge in [0.05, 0.1) is 11.1 Å². The number of para-hydroxylation sites is 1. The van der Waals surface area contributed by atoms with Gasteiger partial charge < -0.3 is 4.90 Å². The van der Waals surface area contributed by atoms with Crippen LogP contribution in [0.1, 0.15) is 22.3 Å². The van der Waals surface area contributed by atoms with E-state index in [9.17, 15) is 0 Å². The molecule has 0 N–H and O–H groups in total. The highest BCUT2D eigenvalue weighted by Crippen LogP contribution is 2.63. The maximum absolute atomic E-state index is 2.51. The standard InChI is InChI=1S/C61H39N/c1-2-18-40(19-3-1)43-20-13-17-33-60(43)62(41-34-36-50-48-25-7-6-23-46(48)44-21-4-5-22-45(44)47-24-8-9-26-49(47)55(50)38-41)42-35-37-54-53-29-12-16-32-58(53)61(59(54)39-42)56-30-14-10-27-51(56)52-28-11-15-31-57(52)61/h1-39H. The van der Waals surface area contributed by atoms with Gasteiger partial charge in [-0.25, -0.2) is 0 Å². The first-order valence-electron chi connectivity index (χ1n) is 21.6. The van der Waals surface area contributed by atoms with Gasteiger partial charge in [0, 0.05) is 16.9 Å². The molecule has 0 bridgehead atoms. The lowest BCUT2D eigenvalue weighted by atomic mass is 9.70. The highest BCUT2D eigenvalue weighted by atomic mass is 15.1. The van der Waals surface area contributed by atoms with Crippen molar-refractivity contribution >= 4 is 17.1 Å². The fraction of sp³-hybridized carbons (Fsp3) is 0.0164. The maximum atomic E-state index is 2.51. The van der Waals surface area contributed by atoms with E-state index in [0.29, 0.717) is 0 Å². The Labute approximate surface area is 362 Å². The van der Waals surface area contributed by atoms with E-state index in [4.69, 9.17) is 0 Å². The Morgan fingerprint density at radius 1 is 0.226 bits per heavy atom. The third-order valence-electron chi connectivity index (χ3n) is 13.7. The van der Waals surface area contributed by atoms with Gasteiger partial charge >= 0.3 is 0 Å². The molecular formula is C61H39N. The van der Waals surface area contributed by atoms with Crippen molar-refractivity contribution in [1.29, 1.82) is 0 Å². The molecule has 1 spiro atoms. The second kappa shape index (κ2) is 13.5. The zero-order valence-electron chi connectivity index (χ0n) is 34.0. The fourth-order valence-electron chi connectivity index (χ4n) is 11.2. The zero-order valence-corrected chi connectivity index (χ0v) is 34.0. The number of rotatable bonds is 4. The molecule has 0 saturated heterocycles. The summed E-state index contributed by atoms with van der Waals surface area (Å²) >= 11 is 0. The van der Waals surface area contributed by atoms with Crippen LogP contribution in [-0.4, -0.2) is 0 Å². The van der Waals surface area contributed by atoms with Crippen LogP contribution in [0.2, 0.25) is 0 Å². The molecule has 10 aromatic rings. The molecule has 3 aliphatic rings. The Morgan fingerprint density at radius 3 is 1.06 bits per heavy atom. The summed E-state index contributed by atoms with van der Waals surface area (Å²) in [6.07, 6.45) is 0. The van der Waals surface area contributed by atoms with Crippen LogP contribution >= 0.6 is 0 Å². The summed E-state index contributed by atoms with van der Waals surface area (Å²) in [6.45, 7) is 0. The second-order valence-electron chi connectivity index (χ2n) is 16.7. The third kappa shape index (κ3) is 4.85. The highest BCUT2D eigenvalue weighted by molar-refractivity contribution is 6.05. The van der Waals surface area contributed by atoms with E-state index in [2.05, 4.69) is 241 Å². The lowest BCUT2D eigenvalue weighted by molar-refractivity contribution is 0.793. The van der Waals surface area contributed by atoms with Gasteiger partial charge in [-0.1, -0.05) is 206 Å². The summed E-state index contributed by atoms with van der Waals surface area (Å²) in [6, 6.07) is 88.0. The van der Waals surface area contributed by atoms with Crippen molar-refractivity contribution in [2.45, 2.75) is 5.41 Å². The predicted molar refractivity (Wildman–Crippen MR) is 258 cm³/mol. The molecule has 0 atom stereocenters. The van der Waals surface area contributed by atoms with Crippen molar-refractivity contribution in [2.24, 2.45) is 0 Å². The zero-order chi connectivity index (χ0) is 40.8. The molecule has 3 aliphatic carbocycles. The number of hydrogen-bond acceptors (Lipinski definition) is 1. The van der Waals surface area contributed by atoms with Gasteiger partial charge in [-0.3, -0.25) is 0 Å². The molecule has 13 rings (SSSR count). The summed E-state index contributed by atoms with van der Waals surface area (Å²) in [5.41, 5.74) is 25.7. The van der Waals surface area contributed by atoms with Gasteiger partial charge in [0.25, 0.3) is 0 Å². The molecule has 0 aliphatic heterocycles. The number of fused-ring (bicyclic) bond motifs is 18. The van der Waals surface area contributed by atoms with Crippen LogP contribution in [0, 0.1) is 0 Å². The van der Waals surface area contributed by atoms with E-state index in [0.717, 1.165) is 17.1 Å². The van der Waals surface area contributed by atoms with Gasteiger partial charge in [0.15, 0.2) is 0 Å². The summed E-state index contributed by atoms with van der Waals surface area (Å²) in [5, 5.41) is 0. The van der Waals surface area contributed by atoms with Crippen LogP contribution < -0.4 is 4.90 Å². The molecule has 0 saturated carbocycles. The van der Waals surface area contributed by atoms with Crippen LogP contribution in [0.15, 0.2) is 237 Å². The Kier molecular flexibility index (Phi) is 7.59. The van der Waals surface area contributed by atoms with Crippen LogP contribution in [0.5, 0.6) is 0 Å². The van der Waals surface area contributed by atoms with Crippen LogP contribution in [0.4, 0.5) is 17.1 Å². The van der Waals surface area contributed by atoms with Crippen LogP contribution in [0.3, 0.4) is 0 Å². The molecule has 1 nitrogen and oxygen atoms in total. The van der Waals surface area contributed by atoms with Crippen molar-refractivity contribution in [3.63, 3.8) is 0 Å². The van der Waals surface area contributed by atoms with E-state index < -0.39 is 5.41 Å².